The van der Waals surface area contributed by atoms with Gasteiger partial charge in [-0.05, 0) is 36.0 Å². The first-order valence-corrected chi connectivity index (χ1v) is 10.00. The van der Waals surface area contributed by atoms with Crippen LogP contribution in [-0.2, 0) is 15.6 Å². The number of carbonyl (C=O) groups excluding carboxylic acids is 1. The van der Waals surface area contributed by atoms with E-state index in [0.29, 0.717) is 11.7 Å². The zero-order chi connectivity index (χ0) is 17.1. The van der Waals surface area contributed by atoms with Crippen LogP contribution < -0.4 is 5.32 Å². The molecule has 0 aliphatic heterocycles. The fourth-order valence-electron chi connectivity index (χ4n) is 3.25. The molecule has 126 valence electrons. The van der Waals surface area contributed by atoms with E-state index in [0.717, 1.165) is 12.0 Å². The number of aryl methyl sites for hydroxylation is 1. The summed E-state index contributed by atoms with van der Waals surface area (Å²) in [4.78, 5) is 12.7. The van der Waals surface area contributed by atoms with Crippen LogP contribution in [0.1, 0.15) is 35.1 Å². The second kappa shape index (κ2) is 7.31. The monoisotopic (exact) mass is 341 g/mol. The zero-order valence-corrected chi connectivity index (χ0v) is 14.9. The summed E-state index contributed by atoms with van der Waals surface area (Å²) >= 11 is 0. The summed E-state index contributed by atoms with van der Waals surface area (Å²) in [5.74, 6) is 0.859. The number of hydrogen-bond acceptors (Lipinski definition) is 2. The van der Waals surface area contributed by atoms with Crippen LogP contribution in [-0.4, -0.2) is 22.1 Å². The molecule has 2 aromatic rings. The molecule has 0 heterocycles. The Hall–Kier alpha value is -1.94. The minimum Gasteiger partial charge on any atom is -0.348 e. The summed E-state index contributed by atoms with van der Waals surface area (Å²) in [6, 6.07) is 17.9. The molecule has 3 nitrogen and oxygen atoms in total. The third kappa shape index (κ3) is 3.93. The Labute approximate surface area is 145 Å². The molecule has 1 saturated carbocycles. The maximum absolute atomic E-state index is 12.7. The molecule has 2 aromatic carbocycles. The zero-order valence-electron chi connectivity index (χ0n) is 14.1. The lowest BCUT2D eigenvalue weighted by Gasteiger charge is -2.18. The maximum Gasteiger partial charge on any atom is 0.224 e. The topological polar surface area (TPSA) is 46.2 Å². The van der Waals surface area contributed by atoms with Crippen LogP contribution in [0.4, 0.5) is 0 Å². The van der Waals surface area contributed by atoms with Crippen LogP contribution in [0.2, 0.25) is 0 Å². The van der Waals surface area contributed by atoms with Gasteiger partial charge in [0.2, 0.25) is 5.91 Å². The van der Waals surface area contributed by atoms with Crippen molar-refractivity contribution >= 4 is 16.7 Å². The van der Waals surface area contributed by atoms with Gasteiger partial charge in [-0.15, -0.1) is 0 Å². The van der Waals surface area contributed by atoms with Gasteiger partial charge in [-0.25, -0.2) is 0 Å². The average molecular weight is 341 g/mol. The molecule has 1 fully saturated rings. The smallest absolute Gasteiger partial charge is 0.224 e. The number of benzene rings is 2. The highest BCUT2D eigenvalue weighted by atomic mass is 32.2. The highest BCUT2D eigenvalue weighted by Crippen LogP contribution is 2.48. The van der Waals surface area contributed by atoms with E-state index in [1.807, 2.05) is 42.5 Å². The Kier molecular flexibility index (Phi) is 5.14. The Morgan fingerprint density at radius 1 is 1.17 bits per heavy atom. The van der Waals surface area contributed by atoms with Crippen LogP contribution in [0.15, 0.2) is 54.6 Å². The van der Waals surface area contributed by atoms with Gasteiger partial charge < -0.3 is 5.32 Å². The first-order chi connectivity index (χ1) is 11.6. The predicted octanol–water partition coefficient (Wildman–Crippen LogP) is 3.33. The molecule has 4 heteroatoms. The summed E-state index contributed by atoms with van der Waals surface area (Å²) in [6.45, 7) is 2.09. The van der Waals surface area contributed by atoms with Crippen molar-refractivity contribution in [3.63, 3.8) is 0 Å². The minimum atomic E-state index is -0.968. The molecule has 3 rings (SSSR count). The van der Waals surface area contributed by atoms with Gasteiger partial charge in [0.05, 0.1) is 6.04 Å². The SMILES string of the molecule is Cc1ccccc1[C@@H]1C[C@@H]1C(=O)N[C@H](C[S@](C)=O)c1ccccc1. The Morgan fingerprint density at radius 2 is 1.83 bits per heavy atom. The summed E-state index contributed by atoms with van der Waals surface area (Å²) in [7, 11) is -0.968. The number of hydrogen-bond donors (Lipinski definition) is 1. The fraction of sp³-hybridized carbons (Fsp3) is 0.350. The Morgan fingerprint density at radius 3 is 2.50 bits per heavy atom. The largest absolute Gasteiger partial charge is 0.348 e. The van der Waals surface area contributed by atoms with Crippen LogP contribution in [0.5, 0.6) is 0 Å². The first-order valence-electron chi connectivity index (χ1n) is 8.27. The van der Waals surface area contributed by atoms with E-state index < -0.39 is 10.8 Å². The standard InChI is InChI=1S/C20H23NO2S/c1-14-8-6-7-11-16(14)17-12-18(17)20(22)21-19(13-24(2)23)15-9-4-3-5-10-15/h3-11,17-19H,12-13H2,1-2H3,(H,21,22)/t17-,18-,19+,24-/m0/s1. The van der Waals surface area contributed by atoms with Crippen molar-refractivity contribution in [3.8, 4) is 0 Å². The number of rotatable bonds is 6. The molecule has 4 atom stereocenters. The summed E-state index contributed by atoms with van der Waals surface area (Å²) in [5, 5.41) is 3.11. The predicted molar refractivity (Wildman–Crippen MR) is 98.3 cm³/mol. The minimum absolute atomic E-state index is 0.0302. The van der Waals surface area contributed by atoms with Gasteiger partial charge in [-0.3, -0.25) is 9.00 Å². The van der Waals surface area contributed by atoms with Gasteiger partial charge in [-0.1, -0.05) is 54.6 Å². The van der Waals surface area contributed by atoms with Gasteiger partial charge in [0, 0.05) is 28.7 Å². The van der Waals surface area contributed by atoms with E-state index in [1.54, 1.807) is 6.26 Å². The van der Waals surface area contributed by atoms with Crippen LogP contribution in [0, 0.1) is 12.8 Å². The molecule has 0 bridgehead atoms. The second-order valence-corrected chi connectivity index (χ2v) is 8.00. The summed E-state index contributed by atoms with van der Waals surface area (Å²) in [6.07, 6.45) is 2.57. The third-order valence-corrected chi connectivity index (χ3v) is 5.44. The van der Waals surface area contributed by atoms with E-state index in [9.17, 15) is 9.00 Å². The molecule has 24 heavy (non-hydrogen) atoms. The van der Waals surface area contributed by atoms with Crippen molar-refractivity contribution in [2.24, 2.45) is 5.92 Å². The van der Waals surface area contributed by atoms with Crippen molar-refractivity contribution in [2.45, 2.75) is 25.3 Å². The van der Waals surface area contributed by atoms with E-state index in [-0.39, 0.29) is 17.9 Å². The van der Waals surface area contributed by atoms with Gasteiger partial charge >= 0.3 is 0 Å². The molecular weight excluding hydrogens is 318 g/mol. The highest BCUT2D eigenvalue weighted by Gasteiger charge is 2.44. The average Bonchev–Trinajstić information content (AvgIpc) is 3.35. The summed E-state index contributed by atoms with van der Waals surface area (Å²) in [5.41, 5.74) is 3.52. The first kappa shape index (κ1) is 16.9. The van der Waals surface area contributed by atoms with Gasteiger partial charge in [0.25, 0.3) is 0 Å². The van der Waals surface area contributed by atoms with Crippen molar-refractivity contribution < 1.29 is 9.00 Å². The van der Waals surface area contributed by atoms with Gasteiger partial charge in [0.1, 0.15) is 0 Å². The normalized spacial score (nSPS) is 21.8. The van der Waals surface area contributed by atoms with Crippen molar-refractivity contribution in [1.29, 1.82) is 0 Å². The summed E-state index contributed by atoms with van der Waals surface area (Å²) < 4.78 is 11.7. The molecule has 1 aliphatic rings. The second-order valence-electron chi connectivity index (χ2n) is 6.52. The van der Waals surface area contributed by atoms with E-state index in [4.69, 9.17) is 0 Å². The van der Waals surface area contributed by atoms with E-state index >= 15 is 0 Å². The number of carbonyl (C=O) groups is 1. The lowest BCUT2D eigenvalue weighted by Crippen LogP contribution is -2.33. The maximum atomic E-state index is 12.7. The molecule has 1 N–H and O–H groups in total. The lowest BCUT2D eigenvalue weighted by atomic mass is 10.0. The van der Waals surface area contributed by atoms with Crippen LogP contribution >= 0.6 is 0 Å². The Balaban J connectivity index is 1.69. The molecule has 0 aromatic heterocycles. The molecule has 1 aliphatic carbocycles. The van der Waals surface area contributed by atoms with Gasteiger partial charge in [-0.2, -0.15) is 0 Å². The number of nitrogens with one attached hydrogen (secondary N) is 1. The molecule has 0 spiro atoms. The molecule has 0 unspecified atom stereocenters. The van der Waals surface area contributed by atoms with E-state index in [1.165, 1.54) is 11.1 Å². The highest BCUT2D eigenvalue weighted by molar-refractivity contribution is 7.84. The Bertz CT molecular complexity index is 744. The molecule has 1 amide bonds. The molecule has 0 saturated heterocycles. The number of amides is 1. The van der Waals surface area contributed by atoms with Crippen LogP contribution in [0.3, 0.4) is 0 Å². The van der Waals surface area contributed by atoms with Crippen molar-refractivity contribution in [3.05, 3.63) is 71.3 Å². The van der Waals surface area contributed by atoms with Crippen LogP contribution in [0.25, 0.3) is 0 Å². The molecule has 0 radical (unpaired) electrons. The van der Waals surface area contributed by atoms with Crippen molar-refractivity contribution in [2.75, 3.05) is 12.0 Å². The lowest BCUT2D eigenvalue weighted by molar-refractivity contribution is -0.123. The quantitative estimate of drug-likeness (QED) is 0.876. The molecular formula is C20H23NO2S. The third-order valence-electron chi connectivity index (χ3n) is 4.63. The van der Waals surface area contributed by atoms with Crippen molar-refractivity contribution in [1.82, 2.24) is 5.32 Å². The van der Waals surface area contributed by atoms with E-state index in [2.05, 4.69) is 24.4 Å². The van der Waals surface area contributed by atoms with Gasteiger partial charge in [0.15, 0.2) is 0 Å². The fourth-order valence-corrected chi connectivity index (χ4v) is 4.00.